The summed E-state index contributed by atoms with van der Waals surface area (Å²) in [6.07, 6.45) is 0.786. The fraction of sp³-hybridized carbons (Fsp3) is 0.632. The Kier molecular flexibility index (Phi) is 8.77. The molecule has 0 radical (unpaired) electrons. The zero-order chi connectivity index (χ0) is 19.5. The number of hydrogen-bond donors (Lipinski definition) is 4. The van der Waals surface area contributed by atoms with Crippen molar-refractivity contribution in [1.29, 1.82) is 0 Å². The Morgan fingerprint density at radius 3 is 2.78 bits per heavy atom. The third-order valence-corrected chi connectivity index (χ3v) is 4.51. The van der Waals surface area contributed by atoms with Crippen molar-refractivity contribution in [2.24, 2.45) is 10.4 Å². The number of guanidine groups is 1. The highest BCUT2D eigenvalue weighted by Crippen LogP contribution is 2.32. The Balaban J connectivity index is 1.80. The number of rotatable bonds is 10. The summed E-state index contributed by atoms with van der Waals surface area (Å²) in [5.74, 6) is 0.772. The van der Waals surface area contributed by atoms with E-state index in [1.165, 1.54) is 24.3 Å². The van der Waals surface area contributed by atoms with E-state index in [9.17, 15) is 14.6 Å². The Labute approximate surface area is 159 Å². The number of nitrogens with one attached hydrogen (secondary N) is 2. The van der Waals surface area contributed by atoms with Crippen LogP contribution >= 0.6 is 0 Å². The van der Waals surface area contributed by atoms with Gasteiger partial charge in [0.1, 0.15) is 24.3 Å². The van der Waals surface area contributed by atoms with Crippen LogP contribution in [0.1, 0.15) is 19.8 Å². The van der Waals surface area contributed by atoms with Gasteiger partial charge in [-0.3, -0.25) is 4.99 Å². The number of aliphatic hydroxyl groups excluding tert-OH is 2. The molecule has 1 fully saturated rings. The van der Waals surface area contributed by atoms with E-state index < -0.39 is 6.10 Å². The van der Waals surface area contributed by atoms with Gasteiger partial charge < -0.3 is 30.3 Å². The van der Waals surface area contributed by atoms with Crippen molar-refractivity contribution < 1.29 is 24.1 Å². The zero-order valence-corrected chi connectivity index (χ0v) is 15.8. The van der Waals surface area contributed by atoms with Gasteiger partial charge in [-0.15, -0.1) is 0 Å². The van der Waals surface area contributed by atoms with E-state index in [0.717, 1.165) is 6.42 Å². The van der Waals surface area contributed by atoms with Crippen molar-refractivity contribution in [3.63, 3.8) is 0 Å². The summed E-state index contributed by atoms with van der Waals surface area (Å²) in [6.45, 7) is 4.96. The van der Waals surface area contributed by atoms with Gasteiger partial charge in [0.25, 0.3) is 0 Å². The topological polar surface area (TPSA) is 95.3 Å². The number of halogens is 1. The molecule has 0 amide bonds. The van der Waals surface area contributed by atoms with Gasteiger partial charge >= 0.3 is 0 Å². The number of benzene rings is 1. The first-order chi connectivity index (χ1) is 13.1. The van der Waals surface area contributed by atoms with Crippen molar-refractivity contribution in [2.45, 2.75) is 25.9 Å². The Hall–Kier alpha value is -1.90. The monoisotopic (exact) mass is 383 g/mol. The molecule has 1 aromatic rings. The maximum atomic E-state index is 12.9. The van der Waals surface area contributed by atoms with Gasteiger partial charge in [0.2, 0.25) is 0 Å². The van der Waals surface area contributed by atoms with Crippen molar-refractivity contribution in [3.05, 3.63) is 30.1 Å². The first-order valence-electron chi connectivity index (χ1n) is 9.34. The maximum Gasteiger partial charge on any atom is 0.191 e. The SMILES string of the molecule is CCNC(=NCC1(CCO)CCOC1)NCC(O)COc1ccc(F)cc1. The molecule has 1 aliphatic rings. The largest absolute Gasteiger partial charge is 0.491 e. The lowest BCUT2D eigenvalue weighted by Gasteiger charge is -2.25. The van der Waals surface area contributed by atoms with Crippen LogP contribution in [0.3, 0.4) is 0 Å². The summed E-state index contributed by atoms with van der Waals surface area (Å²) >= 11 is 0. The Bertz CT molecular complexity index is 577. The predicted molar refractivity (Wildman–Crippen MR) is 101 cm³/mol. The summed E-state index contributed by atoms with van der Waals surface area (Å²) in [5, 5.41) is 25.6. The highest BCUT2D eigenvalue weighted by molar-refractivity contribution is 5.79. The number of aliphatic imine (C=N–C) groups is 1. The number of hydrogen-bond acceptors (Lipinski definition) is 5. The second-order valence-electron chi connectivity index (χ2n) is 6.77. The second kappa shape index (κ2) is 11.1. The molecule has 0 spiro atoms. The van der Waals surface area contributed by atoms with E-state index in [-0.39, 0.29) is 31.0 Å². The number of ether oxygens (including phenoxy) is 2. The lowest BCUT2D eigenvalue weighted by molar-refractivity contribution is 0.110. The van der Waals surface area contributed by atoms with Crippen LogP contribution < -0.4 is 15.4 Å². The summed E-state index contributed by atoms with van der Waals surface area (Å²) < 4.78 is 23.8. The van der Waals surface area contributed by atoms with Gasteiger partial charge in [0, 0.05) is 31.7 Å². The van der Waals surface area contributed by atoms with Gasteiger partial charge in [-0.05, 0) is 44.0 Å². The third-order valence-electron chi connectivity index (χ3n) is 4.51. The normalized spacial score (nSPS) is 21.1. The molecule has 4 N–H and O–H groups in total. The molecule has 0 aliphatic carbocycles. The molecule has 1 heterocycles. The second-order valence-corrected chi connectivity index (χ2v) is 6.77. The van der Waals surface area contributed by atoms with Gasteiger partial charge in [0.15, 0.2) is 5.96 Å². The third kappa shape index (κ3) is 7.32. The molecule has 152 valence electrons. The molecular formula is C19H30FN3O4. The Morgan fingerprint density at radius 1 is 1.37 bits per heavy atom. The maximum absolute atomic E-state index is 12.9. The molecule has 8 heteroatoms. The van der Waals surface area contributed by atoms with Crippen LogP contribution in [-0.2, 0) is 4.74 Å². The molecule has 0 bridgehead atoms. The number of nitrogens with zero attached hydrogens (tertiary/aromatic N) is 1. The van der Waals surface area contributed by atoms with Crippen molar-refractivity contribution in [2.75, 3.05) is 46.1 Å². The van der Waals surface area contributed by atoms with Gasteiger partial charge in [0.05, 0.1) is 13.2 Å². The molecular weight excluding hydrogens is 353 g/mol. The first kappa shape index (κ1) is 21.4. The quantitative estimate of drug-likeness (QED) is 0.354. The number of aliphatic hydroxyl groups is 2. The van der Waals surface area contributed by atoms with Crippen LogP contribution in [-0.4, -0.2) is 68.3 Å². The zero-order valence-electron chi connectivity index (χ0n) is 15.8. The molecule has 27 heavy (non-hydrogen) atoms. The smallest absolute Gasteiger partial charge is 0.191 e. The average molecular weight is 383 g/mol. The van der Waals surface area contributed by atoms with Crippen LogP contribution in [0.4, 0.5) is 4.39 Å². The summed E-state index contributed by atoms with van der Waals surface area (Å²) in [6, 6.07) is 5.66. The average Bonchev–Trinajstić information content (AvgIpc) is 3.12. The van der Waals surface area contributed by atoms with E-state index in [2.05, 4.69) is 15.6 Å². The highest BCUT2D eigenvalue weighted by atomic mass is 19.1. The molecule has 2 atom stereocenters. The van der Waals surface area contributed by atoms with Crippen LogP contribution in [0.25, 0.3) is 0 Å². The van der Waals surface area contributed by atoms with E-state index in [0.29, 0.717) is 44.4 Å². The lowest BCUT2D eigenvalue weighted by Crippen LogP contribution is -2.43. The molecule has 2 unspecified atom stereocenters. The molecule has 1 saturated heterocycles. The minimum absolute atomic E-state index is 0.0837. The summed E-state index contributed by atoms with van der Waals surface area (Å²) in [5.41, 5.74) is -0.124. The lowest BCUT2D eigenvalue weighted by atomic mass is 9.84. The van der Waals surface area contributed by atoms with E-state index in [4.69, 9.17) is 9.47 Å². The van der Waals surface area contributed by atoms with Crippen molar-refractivity contribution in [3.8, 4) is 5.75 Å². The van der Waals surface area contributed by atoms with Gasteiger partial charge in [-0.2, -0.15) is 0 Å². The molecule has 0 aromatic heterocycles. The standard InChI is InChI=1S/C19H30FN3O4/c1-2-21-18(23-13-19(7-9-24)8-10-26-14-19)22-11-16(25)12-27-17-5-3-15(20)4-6-17/h3-6,16,24-25H,2,7-14H2,1H3,(H2,21,22,23). The molecule has 1 aromatic carbocycles. The van der Waals surface area contributed by atoms with Crippen LogP contribution in [0, 0.1) is 11.2 Å². The van der Waals surface area contributed by atoms with Gasteiger partial charge in [-0.1, -0.05) is 0 Å². The molecule has 1 aliphatic heterocycles. The van der Waals surface area contributed by atoms with Crippen LogP contribution in [0.5, 0.6) is 5.75 Å². The van der Waals surface area contributed by atoms with Gasteiger partial charge in [-0.25, -0.2) is 4.39 Å². The fourth-order valence-corrected chi connectivity index (χ4v) is 2.87. The first-order valence-corrected chi connectivity index (χ1v) is 9.34. The van der Waals surface area contributed by atoms with E-state index in [1.54, 1.807) is 0 Å². The van der Waals surface area contributed by atoms with Crippen molar-refractivity contribution >= 4 is 5.96 Å². The summed E-state index contributed by atoms with van der Waals surface area (Å²) in [4.78, 5) is 4.60. The Morgan fingerprint density at radius 2 is 2.15 bits per heavy atom. The minimum Gasteiger partial charge on any atom is -0.491 e. The fourth-order valence-electron chi connectivity index (χ4n) is 2.87. The van der Waals surface area contributed by atoms with E-state index >= 15 is 0 Å². The molecule has 0 saturated carbocycles. The van der Waals surface area contributed by atoms with Crippen LogP contribution in [0.15, 0.2) is 29.3 Å². The van der Waals surface area contributed by atoms with Crippen LogP contribution in [0.2, 0.25) is 0 Å². The minimum atomic E-state index is -0.750. The molecule has 2 rings (SSSR count). The van der Waals surface area contributed by atoms with Crippen molar-refractivity contribution in [1.82, 2.24) is 10.6 Å². The highest BCUT2D eigenvalue weighted by Gasteiger charge is 2.34. The molecule has 7 nitrogen and oxygen atoms in total. The van der Waals surface area contributed by atoms with E-state index in [1.807, 2.05) is 6.92 Å². The summed E-state index contributed by atoms with van der Waals surface area (Å²) in [7, 11) is 0. The predicted octanol–water partition coefficient (Wildman–Crippen LogP) is 0.910.